The summed E-state index contributed by atoms with van der Waals surface area (Å²) in [5.41, 5.74) is 8.18. The molecule has 4 saturated carbocycles. The third-order valence-corrected chi connectivity index (χ3v) is 6.00. The Kier molecular flexibility index (Phi) is 2.73. The van der Waals surface area contributed by atoms with Gasteiger partial charge < -0.3 is 5.73 Å². The van der Waals surface area contributed by atoms with E-state index in [9.17, 15) is 0 Å². The molecule has 0 amide bonds. The molecule has 0 aromatic carbocycles. The highest BCUT2D eigenvalue weighted by atomic mass is 15.3. The molecule has 0 unspecified atom stereocenters. The molecular formula is C16H25N3. The average molecular weight is 259 g/mol. The number of hydrogen-bond donors (Lipinski definition) is 1. The summed E-state index contributed by atoms with van der Waals surface area (Å²) >= 11 is 0. The lowest BCUT2D eigenvalue weighted by atomic mass is 9.52. The van der Waals surface area contributed by atoms with Crippen LogP contribution in [0, 0.1) is 36.5 Å². The predicted molar refractivity (Wildman–Crippen MR) is 75.4 cm³/mol. The van der Waals surface area contributed by atoms with Crippen molar-refractivity contribution in [3.8, 4) is 0 Å². The van der Waals surface area contributed by atoms with E-state index in [1.165, 1.54) is 37.8 Å². The van der Waals surface area contributed by atoms with E-state index in [1.807, 2.05) is 0 Å². The summed E-state index contributed by atoms with van der Waals surface area (Å²) in [7, 11) is 0. The summed E-state index contributed by atoms with van der Waals surface area (Å²) in [6, 6.07) is 2.15. The first kappa shape index (κ1) is 12.0. The molecule has 1 aromatic heterocycles. The molecule has 3 heteroatoms. The predicted octanol–water partition coefficient (Wildman–Crippen LogP) is 2.72. The van der Waals surface area contributed by atoms with Gasteiger partial charge in [0.05, 0.1) is 11.4 Å². The number of rotatable bonds is 3. The van der Waals surface area contributed by atoms with E-state index in [-0.39, 0.29) is 0 Å². The molecule has 19 heavy (non-hydrogen) atoms. The van der Waals surface area contributed by atoms with Gasteiger partial charge >= 0.3 is 0 Å². The first-order valence-electron chi connectivity index (χ1n) is 7.96. The standard InChI is InChI=1S/C16H25N3/c1-10-2-15(8-17)19(18-10)9-16-13-4-11-3-12(6-13)7-14(16)5-11/h2,11-14,16H,3-9,17H2,1H3. The maximum atomic E-state index is 5.85. The van der Waals surface area contributed by atoms with Crippen molar-refractivity contribution in [2.75, 3.05) is 0 Å². The van der Waals surface area contributed by atoms with Crippen molar-refractivity contribution in [1.82, 2.24) is 9.78 Å². The number of aromatic nitrogens is 2. The molecule has 0 atom stereocenters. The van der Waals surface area contributed by atoms with Gasteiger partial charge in [-0.3, -0.25) is 4.68 Å². The maximum Gasteiger partial charge on any atom is 0.0597 e. The van der Waals surface area contributed by atoms with Gasteiger partial charge in [-0.2, -0.15) is 5.10 Å². The summed E-state index contributed by atoms with van der Waals surface area (Å²) in [6.45, 7) is 3.82. The fraction of sp³-hybridized carbons (Fsp3) is 0.812. The highest BCUT2D eigenvalue weighted by molar-refractivity contribution is 5.09. The number of nitrogens with zero attached hydrogens (tertiary/aromatic N) is 2. The highest BCUT2D eigenvalue weighted by Crippen LogP contribution is 2.56. The van der Waals surface area contributed by atoms with Crippen molar-refractivity contribution in [3.63, 3.8) is 0 Å². The maximum absolute atomic E-state index is 5.85. The summed E-state index contributed by atoms with van der Waals surface area (Å²) in [5, 5.41) is 4.67. The molecule has 5 rings (SSSR count). The zero-order chi connectivity index (χ0) is 13.0. The Morgan fingerprint density at radius 1 is 1.16 bits per heavy atom. The fourth-order valence-electron chi connectivity index (χ4n) is 5.46. The minimum atomic E-state index is 0.619. The van der Waals surface area contributed by atoms with Gasteiger partial charge in [-0.05, 0) is 74.7 Å². The SMILES string of the molecule is Cc1cc(CN)n(CC2C3CC4CC(C3)CC2C4)n1. The molecule has 4 aliphatic carbocycles. The minimum Gasteiger partial charge on any atom is -0.325 e. The largest absolute Gasteiger partial charge is 0.325 e. The van der Waals surface area contributed by atoms with Crippen molar-refractivity contribution in [3.05, 3.63) is 17.5 Å². The Labute approximate surface area is 115 Å². The smallest absolute Gasteiger partial charge is 0.0597 e. The minimum absolute atomic E-state index is 0.619. The lowest BCUT2D eigenvalue weighted by Crippen LogP contribution is -2.46. The monoisotopic (exact) mass is 259 g/mol. The summed E-state index contributed by atoms with van der Waals surface area (Å²) in [4.78, 5) is 0. The molecule has 4 aliphatic rings. The molecule has 0 saturated heterocycles. The van der Waals surface area contributed by atoms with Gasteiger partial charge in [0.2, 0.25) is 0 Å². The zero-order valence-electron chi connectivity index (χ0n) is 11.9. The fourth-order valence-corrected chi connectivity index (χ4v) is 5.46. The van der Waals surface area contributed by atoms with Crippen LogP contribution in [0.2, 0.25) is 0 Å². The number of nitrogens with two attached hydrogens (primary N) is 1. The Hall–Kier alpha value is -0.830. The lowest BCUT2D eigenvalue weighted by molar-refractivity contribution is -0.0445. The van der Waals surface area contributed by atoms with Gasteiger partial charge in [0.25, 0.3) is 0 Å². The van der Waals surface area contributed by atoms with E-state index in [2.05, 4.69) is 22.8 Å². The second-order valence-corrected chi connectivity index (χ2v) is 7.26. The van der Waals surface area contributed by atoms with E-state index < -0.39 is 0 Å². The van der Waals surface area contributed by atoms with Crippen LogP contribution < -0.4 is 5.73 Å². The van der Waals surface area contributed by atoms with E-state index in [1.54, 1.807) is 0 Å². The van der Waals surface area contributed by atoms with Gasteiger partial charge in [-0.1, -0.05) is 0 Å². The Balaban J connectivity index is 1.56. The average Bonchev–Trinajstić information content (AvgIpc) is 2.73. The Morgan fingerprint density at radius 2 is 1.79 bits per heavy atom. The first-order chi connectivity index (χ1) is 9.22. The van der Waals surface area contributed by atoms with Crippen LogP contribution in [0.15, 0.2) is 6.07 Å². The molecule has 3 nitrogen and oxygen atoms in total. The summed E-state index contributed by atoms with van der Waals surface area (Å²) in [6.07, 6.45) is 7.52. The van der Waals surface area contributed by atoms with Crippen molar-refractivity contribution >= 4 is 0 Å². The summed E-state index contributed by atoms with van der Waals surface area (Å²) in [5.74, 6) is 4.95. The molecule has 1 aromatic rings. The van der Waals surface area contributed by atoms with Gasteiger partial charge in [-0.25, -0.2) is 0 Å². The van der Waals surface area contributed by atoms with E-state index in [4.69, 9.17) is 5.73 Å². The second kappa shape index (κ2) is 4.34. The first-order valence-corrected chi connectivity index (χ1v) is 7.96. The number of aryl methyl sites for hydroxylation is 1. The van der Waals surface area contributed by atoms with Gasteiger partial charge in [0, 0.05) is 13.1 Å². The van der Waals surface area contributed by atoms with Gasteiger partial charge in [0.1, 0.15) is 0 Å². The van der Waals surface area contributed by atoms with Crippen LogP contribution in [0.5, 0.6) is 0 Å². The molecule has 0 aliphatic heterocycles. The van der Waals surface area contributed by atoms with Crippen LogP contribution in [-0.4, -0.2) is 9.78 Å². The molecule has 104 valence electrons. The molecule has 2 N–H and O–H groups in total. The second-order valence-electron chi connectivity index (χ2n) is 7.26. The van der Waals surface area contributed by atoms with Crippen molar-refractivity contribution in [2.24, 2.45) is 35.3 Å². The molecule has 4 bridgehead atoms. The van der Waals surface area contributed by atoms with Crippen LogP contribution in [0.1, 0.15) is 43.5 Å². The number of hydrogen-bond acceptors (Lipinski definition) is 2. The van der Waals surface area contributed by atoms with Crippen molar-refractivity contribution in [2.45, 2.75) is 52.1 Å². The van der Waals surface area contributed by atoms with Crippen LogP contribution >= 0.6 is 0 Å². The van der Waals surface area contributed by atoms with E-state index in [0.717, 1.165) is 41.8 Å². The molecule has 0 spiro atoms. The zero-order valence-corrected chi connectivity index (χ0v) is 11.9. The van der Waals surface area contributed by atoms with Gasteiger partial charge in [0.15, 0.2) is 0 Å². The molecule has 0 radical (unpaired) electrons. The van der Waals surface area contributed by atoms with Gasteiger partial charge in [-0.15, -0.1) is 0 Å². The van der Waals surface area contributed by atoms with Crippen LogP contribution in [0.4, 0.5) is 0 Å². The van der Waals surface area contributed by atoms with E-state index >= 15 is 0 Å². The third kappa shape index (κ3) is 1.94. The van der Waals surface area contributed by atoms with Crippen LogP contribution in [-0.2, 0) is 13.1 Å². The molecule has 1 heterocycles. The molecule has 4 fully saturated rings. The summed E-state index contributed by atoms with van der Waals surface area (Å²) < 4.78 is 2.21. The lowest BCUT2D eigenvalue weighted by Gasteiger charge is -2.54. The van der Waals surface area contributed by atoms with Crippen molar-refractivity contribution < 1.29 is 0 Å². The quantitative estimate of drug-likeness (QED) is 0.907. The molecular weight excluding hydrogens is 234 g/mol. The van der Waals surface area contributed by atoms with Crippen molar-refractivity contribution in [1.29, 1.82) is 0 Å². The highest BCUT2D eigenvalue weighted by Gasteiger charge is 2.48. The third-order valence-electron chi connectivity index (χ3n) is 6.00. The van der Waals surface area contributed by atoms with Crippen LogP contribution in [0.3, 0.4) is 0 Å². The Morgan fingerprint density at radius 3 is 2.37 bits per heavy atom. The van der Waals surface area contributed by atoms with Crippen LogP contribution in [0.25, 0.3) is 0 Å². The normalized spacial score (nSPS) is 40.0. The Bertz CT molecular complexity index is 448. The topological polar surface area (TPSA) is 43.8 Å². The van der Waals surface area contributed by atoms with E-state index in [0.29, 0.717) is 6.54 Å².